The molecule has 0 aliphatic carbocycles. The Balaban J connectivity index is 2.50. The molecule has 0 spiro atoms. The molecule has 1 aromatic carbocycles. The van der Waals surface area contributed by atoms with Gasteiger partial charge in [0.2, 0.25) is 0 Å². The van der Waals surface area contributed by atoms with Crippen molar-refractivity contribution in [3.8, 4) is 5.75 Å². The normalized spacial score (nSPS) is 20.4. The lowest BCUT2D eigenvalue weighted by molar-refractivity contribution is 0.0114. The number of methoxy groups -OCH3 is 1. The highest BCUT2D eigenvalue weighted by Crippen LogP contribution is 2.40. The summed E-state index contributed by atoms with van der Waals surface area (Å²) in [7, 11) is 1.42. The minimum atomic E-state index is -2.94. The summed E-state index contributed by atoms with van der Waals surface area (Å²) in [6.07, 6.45) is -0.246. The number of rotatable bonds is 3. The van der Waals surface area contributed by atoms with Crippen LogP contribution in [-0.4, -0.2) is 26.8 Å². The van der Waals surface area contributed by atoms with E-state index in [2.05, 4.69) is 5.32 Å². The molecule has 0 amide bonds. The number of halogens is 2. The highest BCUT2D eigenvalue weighted by Gasteiger charge is 2.32. The lowest BCUT2D eigenvalue weighted by atomic mass is 9.97. The van der Waals surface area contributed by atoms with Crippen LogP contribution in [0.3, 0.4) is 0 Å². The van der Waals surface area contributed by atoms with Gasteiger partial charge in [-0.25, -0.2) is 8.78 Å². The largest absolute Gasteiger partial charge is 0.496 e. The highest BCUT2D eigenvalue weighted by atomic mass is 19.3. The smallest absolute Gasteiger partial charge is 0.274 e. The van der Waals surface area contributed by atoms with Gasteiger partial charge in [-0.2, -0.15) is 0 Å². The van der Waals surface area contributed by atoms with E-state index in [0.29, 0.717) is 18.7 Å². The second kappa shape index (κ2) is 5.43. The molecule has 1 aromatic rings. The van der Waals surface area contributed by atoms with E-state index in [0.717, 1.165) is 19.0 Å². The van der Waals surface area contributed by atoms with Gasteiger partial charge in [0, 0.05) is 25.6 Å². The van der Waals surface area contributed by atoms with Gasteiger partial charge in [0.25, 0.3) is 5.92 Å². The fourth-order valence-electron chi connectivity index (χ4n) is 2.36. The van der Waals surface area contributed by atoms with Gasteiger partial charge in [0.1, 0.15) is 5.75 Å². The van der Waals surface area contributed by atoms with Gasteiger partial charge in [0.05, 0.1) is 25.4 Å². The Morgan fingerprint density at radius 1 is 1.42 bits per heavy atom. The van der Waals surface area contributed by atoms with Gasteiger partial charge in [-0.05, 0) is 24.6 Å². The third-order valence-corrected chi connectivity index (χ3v) is 3.21. The van der Waals surface area contributed by atoms with Crippen LogP contribution < -0.4 is 10.1 Å². The van der Waals surface area contributed by atoms with Gasteiger partial charge >= 0.3 is 0 Å². The summed E-state index contributed by atoms with van der Waals surface area (Å²) < 4.78 is 38.3. The zero-order valence-corrected chi connectivity index (χ0v) is 11.4. The van der Waals surface area contributed by atoms with Gasteiger partial charge < -0.3 is 14.8 Å². The fourth-order valence-corrected chi connectivity index (χ4v) is 2.36. The number of benzene rings is 1. The van der Waals surface area contributed by atoms with E-state index in [9.17, 15) is 8.78 Å². The molecule has 1 fully saturated rings. The van der Waals surface area contributed by atoms with Crippen molar-refractivity contribution < 1.29 is 18.3 Å². The molecule has 106 valence electrons. The maximum atomic E-state index is 13.7. The lowest BCUT2D eigenvalue weighted by Crippen LogP contribution is -2.33. The quantitative estimate of drug-likeness (QED) is 0.917. The molecule has 1 aliphatic heterocycles. The zero-order chi connectivity index (χ0) is 14.0. The monoisotopic (exact) mass is 271 g/mol. The number of nitrogens with one attached hydrogen (secondary N) is 1. The van der Waals surface area contributed by atoms with E-state index in [1.807, 2.05) is 6.07 Å². The van der Waals surface area contributed by atoms with Crippen LogP contribution >= 0.6 is 0 Å². The van der Waals surface area contributed by atoms with Crippen LogP contribution in [0.25, 0.3) is 0 Å². The molecule has 1 saturated heterocycles. The fraction of sp³-hybridized carbons (Fsp3) is 0.571. The Morgan fingerprint density at radius 3 is 2.68 bits per heavy atom. The summed E-state index contributed by atoms with van der Waals surface area (Å²) in [4.78, 5) is 0. The minimum Gasteiger partial charge on any atom is -0.496 e. The van der Waals surface area contributed by atoms with Crippen molar-refractivity contribution >= 4 is 0 Å². The maximum Gasteiger partial charge on any atom is 0.274 e. The molecule has 0 saturated carbocycles. The standard InChI is InChI=1S/C14H19F2NO2/c1-9-6-10(12-8-17-4-5-19-12)13(18-3)11(7-9)14(2,15)16/h6-7,12,17H,4-5,8H2,1-3H3. The first-order chi connectivity index (χ1) is 8.93. The van der Waals surface area contributed by atoms with E-state index in [-0.39, 0.29) is 17.4 Å². The molecule has 0 bridgehead atoms. The molecule has 0 radical (unpaired) electrons. The van der Waals surface area contributed by atoms with E-state index in [1.54, 1.807) is 6.92 Å². The van der Waals surface area contributed by atoms with Crippen molar-refractivity contribution in [2.24, 2.45) is 0 Å². The van der Waals surface area contributed by atoms with Crippen LogP contribution in [0.2, 0.25) is 0 Å². The highest BCUT2D eigenvalue weighted by molar-refractivity contribution is 5.48. The van der Waals surface area contributed by atoms with Gasteiger partial charge in [-0.15, -0.1) is 0 Å². The van der Waals surface area contributed by atoms with Crippen LogP contribution in [0.5, 0.6) is 5.75 Å². The Labute approximate surface area is 111 Å². The Morgan fingerprint density at radius 2 is 2.16 bits per heavy atom. The molecular formula is C14H19F2NO2. The SMILES string of the molecule is COc1c(C2CNCCO2)cc(C)cc1C(C)(F)F. The number of morpholine rings is 1. The first-order valence-corrected chi connectivity index (χ1v) is 6.32. The maximum absolute atomic E-state index is 13.7. The molecule has 1 unspecified atom stereocenters. The topological polar surface area (TPSA) is 30.5 Å². The van der Waals surface area contributed by atoms with Crippen molar-refractivity contribution in [3.05, 3.63) is 28.8 Å². The number of hydrogen-bond donors (Lipinski definition) is 1. The molecule has 5 heteroatoms. The Hall–Kier alpha value is -1.20. The summed E-state index contributed by atoms with van der Waals surface area (Å²) in [5, 5.41) is 3.19. The van der Waals surface area contributed by atoms with Crippen molar-refractivity contribution in [1.29, 1.82) is 0 Å². The second-order valence-corrected chi connectivity index (χ2v) is 4.89. The average Bonchev–Trinajstić information content (AvgIpc) is 2.37. The summed E-state index contributed by atoms with van der Waals surface area (Å²) in [5.74, 6) is -2.71. The van der Waals surface area contributed by atoms with E-state index < -0.39 is 5.92 Å². The third kappa shape index (κ3) is 3.04. The second-order valence-electron chi connectivity index (χ2n) is 4.89. The summed E-state index contributed by atoms with van der Waals surface area (Å²) >= 11 is 0. The van der Waals surface area contributed by atoms with Crippen LogP contribution in [0.1, 0.15) is 29.7 Å². The van der Waals surface area contributed by atoms with E-state index >= 15 is 0 Å². The predicted molar refractivity (Wildman–Crippen MR) is 68.9 cm³/mol. The van der Waals surface area contributed by atoms with Gasteiger partial charge in [0.15, 0.2) is 0 Å². The van der Waals surface area contributed by atoms with Crippen molar-refractivity contribution in [1.82, 2.24) is 5.32 Å². The molecule has 2 rings (SSSR count). The zero-order valence-electron chi connectivity index (χ0n) is 11.4. The van der Waals surface area contributed by atoms with Gasteiger partial charge in [-0.1, -0.05) is 0 Å². The molecule has 1 heterocycles. The third-order valence-electron chi connectivity index (χ3n) is 3.21. The average molecular weight is 271 g/mol. The van der Waals surface area contributed by atoms with E-state index in [1.165, 1.54) is 13.2 Å². The molecule has 3 nitrogen and oxygen atoms in total. The number of aryl methyl sites for hydroxylation is 1. The van der Waals surface area contributed by atoms with Crippen molar-refractivity contribution in [2.75, 3.05) is 26.8 Å². The molecule has 1 N–H and O–H groups in total. The summed E-state index contributed by atoms with van der Waals surface area (Å²) in [5.41, 5.74) is 1.38. The van der Waals surface area contributed by atoms with Crippen LogP contribution in [-0.2, 0) is 10.7 Å². The predicted octanol–water partition coefficient (Wildman–Crippen LogP) is 2.78. The summed E-state index contributed by atoms with van der Waals surface area (Å²) in [6, 6.07) is 3.32. The molecule has 19 heavy (non-hydrogen) atoms. The molecule has 0 aromatic heterocycles. The van der Waals surface area contributed by atoms with Crippen molar-refractivity contribution in [2.45, 2.75) is 25.9 Å². The lowest BCUT2D eigenvalue weighted by Gasteiger charge is -2.27. The minimum absolute atomic E-state index is 0.0841. The van der Waals surface area contributed by atoms with Crippen LogP contribution in [0.4, 0.5) is 8.78 Å². The molecule has 1 atom stereocenters. The number of ether oxygens (including phenoxy) is 2. The van der Waals surface area contributed by atoms with E-state index in [4.69, 9.17) is 9.47 Å². The first kappa shape index (κ1) is 14.2. The number of alkyl halides is 2. The molecule has 1 aliphatic rings. The van der Waals surface area contributed by atoms with Gasteiger partial charge in [-0.3, -0.25) is 0 Å². The van der Waals surface area contributed by atoms with Crippen molar-refractivity contribution in [3.63, 3.8) is 0 Å². The van der Waals surface area contributed by atoms with Crippen LogP contribution in [0, 0.1) is 6.92 Å². The molecular weight excluding hydrogens is 252 g/mol. The van der Waals surface area contributed by atoms with Crippen LogP contribution in [0.15, 0.2) is 12.1 Å². The summed E-state index contributed by atoms with van der Waals surface area (Å²) in [6.45, 7) is 4.64. The first-order valence-electron chi connectivity index (χ1n) is 6.32. The number of hydrogen-bond acceptors (Lipinski definition) is 3. The Kier molecular flexibility index (Phi) is 4.06. The Bertz CT molecular complexity index is 451.